The molecule has 90 valence electrons. The summed E-state index contributed by atoms with van der Waals surface area (Å²) in [5.74, 6) is 0.839. The van der Waals surface area contributed by atoms with Crippen LogP contribution in [0.5, 0.6) is 0 Å². The van der Waals surface area contributed by atoms with Gasteiger partial charge in [-0.3, -0.25) is 0 Å². The molecule has 2 rings (SSSR count). The van der Waals surface area contributed by atoms with E-state index < -0.39 is 0 Å². The first kappa shape index (κ1) is 12.0. The third-order valence-electron chi connectivity index (χ3n) is 2.55. The molecule has 0 aliphatic rings. The van der Waals surface area contributed by atoms with Crippen molar-refractivity contribution in [2.45, 2.75) is 13.3 Å². The maximum Gasteiger partial charge on any atom is 0.157 e. The smallest absolute Gasteiger partial charge is 0.157 e. The number of halogens is 1. The molecule has 0 amide bonds. The first-order valence-corrected chi connectivity index (χ1v) is 6.05. The molecule has 0 spiro atoms. The molecule has 2 heterocycles. The standard InChI is InChI=1S/C10H13BrN6/c1-4-6-7(13-5-14-10(6)12-2)8-9(11)15-16-17(8)3/h5H,4H2,1-3H3,(H,12,13,14). The Kier molecular flexibility index (Phi) is 3.37. The van der Waals surface area contributed by atoms with E-state index in [-0.39, 0.29) is 0 Å². The van der Waals surface area contributed by atoms with Crippen LogP contribution in [0.15, 0.2) is 10.9 Å². The molecule has 17 heavy (non-hydrogen) atoms. The van der Waals surface area contributed by atoms with Gasteiger partial charge in [-0.1, -0.05) is 12.1 Å². The highest BCUT2D eigenvalue weighted by Gasteiger charge is 2.17. The van der Waals surface area contributed by atoms with Crippen LogP contribution in [0.2, 0.25) is 0 Å². The van der Waals surface area contributed by atoms with Crippen molar-refractivity contribution >= 4 is 21.7 Å². The Morgan fingerprint density at radius 3 is 2.71 bits per heavy atom. The predicted molar refractivity (Wildman–Crippen MR) is 68.7 cm³/mol. The fraction of sp³-hybridized carbons (Fsp3) is 0.400. The summed E-state index contributed by atoms with van der Waals surface area (Å²) in [6.07, 6.45) is 2.38. The van der Waals surface area contributed by atoms with Gasteiger partial charge in [-0.05, 0) is 22.4 Å². The average Bonchev–Trinajstić information content (AvgIpc) is 2.68. The van der Waals surface area contributed by atoms with Crippen LogP contribution in [0.4, 0.5) is 5.82 Å². The molecule has 0 radical (unpaired) electrons. The second-order valence-corrected chi connectivity index (χ2v) is 4.26. The molecule has 6 nitrogen and oxygen atoms in total. The highest BCUT2D eigenvalue weighted by atomic mass is 79.9. The van der Waals surface area contributed by atoms with E-state index in [9.17, 15) is 0 Å². The van der Waals surface area contributed by atoms with Gasteiger partial charge in [-0.25, -0.2) is 14.6 Å². The van der Waals surface area contributed by atoms with Gasteiger partial charge in [0.05, 0.1) is 5.69 Å². The largest absolute Gasteiger partial charge is 0.373 e. The molecule has 0 aliphatic carbocycles. The van der Waals surface area contributed by atoms with Crippen molar-refractivity contribution < 1.29 is 0 Å². The van der Waals surface area contributed by atoms with Gasteiger partial charge in [0.15, 0.2) is 4.60 Å². The topological polar surface area (TPSA) is 68.5 Å². The monoisotopic (exact) mass is 296 g/mol. The minimum atomic E-state index is 0.690. The van der Waals surface area contributed by atoms with Gasteiger partial charge in [0.25, 0.3) is 0 Å². The fourth-order valence-corrected chi connectivity index (χ4v) is 2.26. The van der Waals surface area contributed by atoms with Crippen LogP contribution in [-0.4, -0.2) is 32.0 Å². The number of anilines is 1. The Balaban J connectivity index is 2.67. The van der Waals surface area contributed by atoms with Crippen LogP contribution in [0.25, 0.3) is 11.4 Å². The van der Waals surface area contributed by atoms with Crippen LogP contribution in [0.3, 0.4) is 0 Å². The molecule has 0 saturated heterocycles. The summed E-state index contributed by atoms with van der Waals surface area (Å²) in [5.41, 5.74) is 2.77. The highest BCUT2D eigenvalue weighted by molar-refractivity contribution is 9.10. The van der Waals surface area contributed by atoms with Crippen LogP contribution in [0, 0.1) is 0 Å². The predicted octanol–water partition coefficient (Wildman–Crippen LogP) is 1.64. The van der Waals surface area contributed by atoms with E-state index in [1.54, 1.807) is 11.0 Å². The van der Waals surface area contributed by atoms with Crippen molar-refractivity contribution in [3.63, 3.8) is 0 Å². The van der Waals surface area contributed by atoms with E-state index in [1.165, 1.54) is 0 Å². The molecule has 1 N–H and O–H groups in total. The highest BCUT2D eigenvalue weighted by Crippen LogP contribution is 2.29. The third kappa shape index (κ3) is 2.02. The number of nitrogens with one attached hydrogen (secondary N) is 1. The lowest BCUT2D eigenvalue weighted by molar-refractivity contribution is 0.717. The lowest BCUT2D eigenvalue weighted by Gasteiger charge is -2.10. The number of aromatic nitrogens is 5. The number of rotatable bonds is 3. The van der Waals surface area contributed by atoms with Gasteiger partial charge < -0.3 is 5.32 Å². The molecule has 2 aromatic rings. The van der Waals surface area contributed by atoms with Crippen molar-refractivity contribution in [2.24, 2.45) is 7.05 Å². The van der Waals surface area contributed by atoms with Gasteiger partial charge in [-0.2, -0.15) is 0 Å². The maximum atomic E-state index is 4.34. The molecule has 0 saturated carbocycles. The molecule has 7 heteroatoms. The van der Waals surface area contributed by atoms with E-state index in [0.29, 0.717) is 4.60 Å². The van der Waals surface area contributed by atoms with Crippen molar-refractivity contribution in [3.05, 3.63) is 16.5 Å². The third-order valence-corrected chi connectivity index (χ3v) is 3.08. The van der Waals surface area contributed by atoms with Crippen LogP contribution in [-0.2, 0) is 13.5 Å². The van der Waals surface area contributed by atoms with E-state index in [0.717, 1.165) is 29.2 Å². The normalized spacial score (nSPS) is 10.6. The zero-order chi connectivity index (χ0) is 12.4. The molecular weight excluding hydrogens is 284 g/mol. The zero-order valence-electron chi connectivity index (χ0n) is 9.90. The van der Waals surface area contributed by atoms with Crippen LogP contribution < -0.4 is 5.32 Å². The lowest BCUT2D eigenvalue weighted by Crippen LogP contribution is -2.05. The Labute approximate surface area is 108 Å². The summed E-state index contributed by atoms with van der Waals surface area (Å²) in [6.45, 7) is 2.07. The number of hydrogen-bond acceptors (Lipinski definition) is 5. The van der Waals surface area contributed by atoms with E-state index in [1.807, 2.05) is 14.1 Å². The van der Waals surface area contributed by atoms with Crippen molar-refractivity contribution in [1.29, 1.82) is 0 Å². The summed E-state index contributed by atoms with van der Waals surface area (Å²) in [6, 6.07) is 0. The molecule has 0 atom stereocenters. The van der Waals surface area contributed by atoms with Gasteiger partial charge in [0.1, 0.15) is 17.8 Å². The quantitative estimate of drug-likeness (QED) is 0.932. The maximum absolute atomic E-state index is 4.34. The first-order chi connectivity index (χ1) is 8.19. The van der Waals surface area contributed by atoms with Gasteiger partial charge >= 0.3 is 0 Å². The van der Waals surface area contributed by atoms with E-state index >= 15 is 0 Å². The van der Waals surface area contributed by atoms with Crippen LogP contribution >= 0.6 is 15.9 Å². The molecule has 0 bridgehead atoms. The molecule has 0 fully saturated rings. The van der Waals surface area contributed by atoms with Gasteiger partial charge in [-0.15, -0.1) is 5.10 Å². The number of hydrogen-bond donors (Lipinski definition) is 1. The lowest BCUT2D eigenvalue weighted by atomic mass is 10.1. The first-order valence-electron chi connectivity index (χ1n) is 5.26. The Morgan fingerprint density at radius 1 is 1.41 bits per heavy atom. The van der Waals surface area contributed by atoms with Crippen molar-refractivity contribution in [3.8, 4) is 11.4 Å². The molecular formula is C10H13BrN6. The van der Waals surface area contributed by atoms with E-state index in [2.05, 4.69) is 48.5 Å². The fourth-order valence-electron chi connectivity index (χ4n) is 1.75. The second-order valence-electron chi connectivity index (χ2n) is 3.51. The summed E-state index contributed by atoms with van der Waals surface area (Å²) in [4.78, 5) is 8.55. The van der Waals surface area contributed by atoms with E-state index in [4.69, 9.17) is 0 Å². The minimum absolute atomic E-state index is 0.690. The summed E-state index contributed by atoms with van der Waals surface area (Å²) >= 11 is 3.39. The average molecular weight is 297 g/mol. The van der Waals surface area contributed by atoms with Gasteiger partial charge in [0.2, 0.25) is 0 Å². The number of nitrogens with zero attached hydrogens (tertiary/aromatic N) is 5. The Morgan fingerprint density at radius 2 is 2.18 bits per heavy atom. The van der Waals surface area contributed by atoms with Crippen molar-refractivity contribution in [1.82, 2.24) is 25.0 Å². The Hall–Kier alpha value is -1.50. The van der Waals surface area contributed by atoms with Gasteiger partial charge in [0, 0.05) is 19.7 Å². The molecule has 0 unspecified atom stereocenters. The second kappa shape index (κ2) is 4.79. The SMILES string of the molecule is CCc1c(NC)ncnc1-c1c(Br)nnn1C. The minimum Gasteiger partial charge on any atom is -0.373 e. The summed E-state index contributed by atoms with van der Waals surface area (Å²) in [5, 5.41) is 11.0. The summed E-state index contributed by atoms with van der Waals surface area (Å²) < 4.78 is 2.39. The summed E-state index contributed by atoms with van der Waals surface area (Å²) in [7, 11) is 3.69. The molecule has 2 aromatic heterocycles. The molecule has 0 aliphatic heterocycles. The zero-order valence-corrected chi connectivity index (χ0v) is 11.5. The number of aryl methyl sites for hydroxylation is 1. The van der Waals surface area contributed by atoms with Crippen LogP contribution in [0.1, 0.15) is 12.5 Å². The Bertz CT molecular complexity index is 516. The molecule has 0 aromatic carbocycles. The van der Waals surface area contributed by atoms with Crippen molar-refractivity contribution in [2.75, 3.05) is 12.4 Å².